The van der Waals surface area contributed by atoms with Crippen LogP contribution in [-0.2, 0) is 6.18 Å². The number of alkyl halides is 3. The van der Waals surface area contributed by atoms with Crippen LogP contribution in [0.4, 0.5) is 43.8 Å². The maximum Gasteiger partial charge on any atom is 0.418 e. The number of hydrogen-bond acceptors (Lipinski definition) is 3. The Bertz CT molecular complexity index is 1260. The molecule has 0 aliphatic heterocycles. The summed E-state index contributed by atoms with van der Waals surface area (Å²) >= 11 is 6.08. The Balaban J connectivity index is 1.93. The van der Waals surface area contributed by atoms with E-state index in [1.165, 1.54) is 6.07 Å². The minimum Gasteiger partial charge on any atom is -0.465 e. The summed E-state index contributed by atoms with van der Waals surface area (Å²) in [7, 11) is 0. The van der Waals surface area contributed by atoms with Crippen LogP contribution in [0, 0.1) is 11.6 Å². The fraction of sp³-hybridized carbons (Fsp3) is 0.0476. The molecule has 0 saturated carbocycles. The summed E-state index contributed by atoms with van der Waals surface area (Å²) in [5.74, 6) is -2.59. The van der Waals surface area contributed by atoms with Crippen molar-refractivity contribution in [3.8, 4) is 11.1 Å². The molecule has 0 aromatic heterocycles. The summed E-state index contributed by atoms with van der Waals surface area (Å²) in [5.41, 5.74) is 2.83. The standard InChI is InChI=1S/C21H13ClF5N3O3/c22-15-7-12(11-3-1-9(23)5-17(11)28)16(24)8-13(15)19(31)29-10-2-4-18(30-20(32)33)14(6-10)21(25,26)27/h1-8,30H,28H2,(H,29,31)(H,32,33). The Hall–Kier alpha value is -3.86. The Morgan fingerprint density at radius 1 is 0.939 bits per heavy atom. The molecule has 0 saturated heterocycles. The molecule has 172 valence electrons. The highest BCUT2D eigenvalue weighted by Crippen LogP contribution is 2.37. The molecule has 0 heterocycles. The van der Waals surface area contributed by atoms with Crippen LogP contribution in [0.15, 0.2) is 48.5 Å². The molecule has 0 radical (unpaired) electrons. The monoisotopic (exact) mass is 485 g/mol. The molecule has 0 fully saturated rings. The average Bonchev–Trinajstić information content (AvgIpc) is 2.69. The van der Waals surface area contributed by atoms with E-state index in [0.29, 0.717) is 6.07 Å². The lowest BCUT2D eigenvalue weighted by Crippen LogP contribution is -2.17. The lowest BCUT2D eigenvalue weighted by Gasteiger charge is -2.15. The second-order valence-corrected chi connectivity index (χ2v) is 7.09. The Labute approximate surface area is 187 Å². The van der Waals surface area contributed by atoms with Gasteiger partial charge in [-0.05, 0) is 48.5 Å². The highest BCUT2D eigenvalue weighted by molar-refractivity contribution is 6.34. The summed E-state index contributed by atoms with van der Waals surface area (Å²) in [6, 6.07) is 7.46. The quantitative estimate of drug-likeness (QED) is 0.260. The fourth-order valence-electron chi connectivity index (χ4n) is 2.99. The molecule has 0 spiro atoms. The fourth-order valence-corrected chi connectivity index (χ4v) is 3.23. The van der Waals surface area contributed by atoms with Gasteiger partial charge in [-0.15, -0.1) is 0 Å². The predicted octanol–water partition coefficient (Wildman–Crippen LogP) is 6.23. The van der Waals surface area contributed by atoms with E-state index in [2.05, 4.69) is 5.32 Å². The number of halogens is 6. The largest absolute Gasteiger partial charge is 0.465 e. The second-order valence-electron chi connectivity index (χ2n) is 6.69. The van der Waals surface area contributed by atoms with E-state index >= 15 is 0 Å². The third-order valence-corrected chi connectivity index (χ3v) is 4.74. The zero-order valence-electron chi connectivity index (χ0n) is 16.2. The number of carbonyl (C=O) groups is 2. The molecular formula is C21H13ClF5N3O3. The molecule has 33 heavy (non-hydrogen) atoms. The molecule has 0 aliphatic carbocycles. The Morgan fingerprint density at radius 3 is 2.24 bits per heavy atom. The average molecular weight is 486 g/mol. The SMILES string of the molecule is Nc1cc(F)ccc1-c1cc(Cl)c(C(=O)Nc2ccc(NC(=O)O)c(C(F)(F)F)c2)cc1F. The van der Waals surface area contributed by atoms with Crippen molar-refractivity contribution in [3.05, 3.63) is 76.3 Å². The first-order chi connectivity index (χ1) is 15.4. The van der Waals surface area contributed by atoms with Gasteiger partial charge >= 0.3 is 12.3 Å². The van der Waals surface area contributed by atoms with Gasteiger partial charge in [0.2, 0.25) is 0 Å². The van der Waals surface area contributed by atoms with Crippen molar-refractivity contribution < 1.29 is 36.6 Å². The Morgan fingerprint density at radius 2 is 1.64 bits per heavy atom. The molecule has 12 heteroatoms. The third-order valence-electron chi connectivity index (χ3n) is 4.43. The number of rotatable bonds is 4. The number of carbonyl (C=O) groups excluding carboxylic acids is 1. The first kappa shape index (κ1) is 23.8. The topological polar surface area (TPSA) is 104 Å². The highest BCUT2D eigenvalue weighted by Gasteiger charge is 2.34. The van der Waals surface area contributed by atoms with Gasteiger partial charge in [-0.3, -0.25) is 10.1 Å². The van der Waals surface area contributed by atoms with Crippen LogP contribution in [0.3, 0.4) is 0 Å². The molecular weight excluding hydrogens is 473 g/mol. The first-order valence-electron chi connectivity index (χ1n) is 8.94. The maximum absolute atomic E-state index is 14.7. The predicted molar refractivity (Wildman–Crippen MR) is 112 cm³/mol. The zero-order chi connectivity index (χ0) is 24.5. The van der Waals surface area contributed by atoms with Gasteiger partial charge in [-0.2, -0.15) is 13.2 Å². The molecule has 0 aliphatic rings. The van der Waals surface area contributed by atoms with Gasteiger partial charge in [0, 0.05) is 22.5 Å². The number of benzene rings is 3. The van der Waals surface area contributed by atoms with Crippen LogP contribution < -0.4 is 16.4 Å². The molecule has 3 aromatic rings. The summed E-state index contributed by atoms with van der Waals surface area (Å²) in [5, 5.41) is 12.2. The van der Waals surface area contributed by atoms with Crippen LogP contribution in [0.2, 0.25) is 5.02 Å². The summed E-state index contributed by atoms with van der Waals surface area (Å²) in [6.45, 7) is 0. The normalized spacial score (nSPS) is 11.2. The van der Waals surface area contributed by atoms with E-state index in [9.17, 15) is 31.5 Å². The third kappa shape index (κ3) is 5.32. The van der Waals surface area contributed by atoms with Crippen molar-refractivity contribution in [1.82, 2.24) is 0 Å². The molecule has 0 unspecified atom stereocenters. The van der Waals surface area contributed by atoms with Crippen molar-refractivity contribution in [2.75, 3.05) is 16.4 Å². The van der Waals surface area contributed by atoms with Gasteiger partial charge in [0.15, 0.2) is 0 Å². The van der Waals surface area contributed by atoms with Crippen LogP contribution >= 0.6 is 11.6 Å². The maximum atomic E-state index is 14.7. The van der Waals surface area contributed by atoms with Crippen LogP contribution in [-0.4, -0.2) is 17.1 Å². The van der Waals surface area contributed by atoms with Gasteiger partial charge in [0.1, 0.15) is 11.6 Å². The lowest BCUT2D eigenvalue weighted by atomic mass is 10.0. The number of nitrogens with two attached hydrogens (primary N) is 1. The van der Waals surface area contributed by atoms with Crippen molar-refractivity contribution in [2.24, 2.45) is 0 Å². The van der Waals surface area contributed by atoms with Gasteiger partial charge in [-0.1, -0.05) is 11.6 Å². The van der Waals surface area contributed by atoms with E-state index in [0.717, 1.165) is 36.4 Å². The Kier molecular flexibility index (Phi) is 6.45. The second kappa shape index (κ2) is 8.94. The van der Waals surface area contributed by atoms with Crippen LogP contribution in [0.1, 0.15) is 15.9 Å². The van der Waals surface area contributed by atoms with Crippen molar-refractivity contribution >= 4 is 40.7 Å². The van der Waals surface area contributed by atoms with Crippen LogP contribution in [0.25, 0.3) is 11.1 Å². The van der Waals surface area contributed by atoms with Gasteiger partial charge in [-0.25, -0.2) is 13.6 Å². The van der Waals surface area contributed by atoms with Gasteiger partial charge in [0.05, 0.1) is 21.8 Å². The molecule has 3 aromatic carbocycles. The van der Waals surface area contributed by atoms with Gasteiger partial charge in [0.25, 0.3) is 5.91 Å². The number of hydrogen-bond donors (Lipinski definition) is 4. The summed E-state index contributed by atoms with van der Waals surface area (Å²) < 4.78 is 67.8. The van der Waals surface area contributed by atoms with E-state index in [4.69, 9.17) is 22.4 Å². The number of nitrogen functional groups attached to an aromatic ring is 1. The smallest absolute Gasteiger partial charge is 0.418 e. The minimum atomic E-state index is -4.93. The van der Waals surface area contributed by atoms with E-state index in [1.807, 2.05) is 0 Å². The van der Waals surface area contributed by atoms with E-state index in [1.54, 1.807) is 5.32 Å². The molecule has 6 nitrogen and oxygen atoms in total. The molecule has 0 bridgehead atoms. The zero-order valence-corrected chi connectivity index (χ0v) is 17.0. The first-order valence-corrected chi connectivity index (χ1v) is 9.31. The molecule has 5 N–H and O–H groups in total. The minimum absolute atomic E-state index is 0.0723. The summed E-state index contributed by atoms with van der Waals surface area (Å²) in [4.78, 5) is 23.3. The lowest BCUT2D eigenvalue weighted by molar-refractivity contribution is -0.136. The summed E-state index contributed by atoms with van der Waals surface area (Å²) in [6.07, 6.45) is -6.64. The molecule has 0 atom stereocenters. The highest BCUT2D eigenvalue weighted by atomic mass is 35.5. The van der Waals surface area contributed by atoms with Crippen molar-refractivity contribution in [2.45, 2.75) is 6.18 Å². The van der Waals surface area contributed by atoms with Crippen molar-refractivity contribution in [1.29, 1.82) is 0 Å². The number of carboxylic acid groups (broad SMARTS) is 1. The van der Waals surface area contributed by atoms with Crippen LogP contribution in [0.5, 0.6) is 0 Å². The van der Waals surface area contributed by atoms with Gasteiger partial charge < -0.3 is 16.2 Å². The number of anilines is 3. The van der Waals surface area contributed by atoms with Crippen molar-refractivity contribution in [3.63, 3.8) is 0 Å². The number of amides is 2. The molecule has 3 rings (SSSR count). The molecule has 2 amide bonds. The van der Waals surface area contributed by atoms with E-state index in [-0.39, 0.29) is 33.1 Å². The van der Waals surface area contributed by atoms with E-state index < -0.39 is 41.1 Å². The number of nitrogens with one attached hydrogen (secondary N) is 2.